The number of carbonyl (C=O) groups is 1. The molecule has 0 fully saturated rings. The Hall–Kier alpha value is -3.45. The van der Waals surface area contributed by atoms with E-state index in [1.165, 1.54) is 15.9 Å². The Morgan fingerprint density at radius 1 is 1.20 bits per heavy atom. The van der Waals surface area contributed by atoms with Crippen molar-refractivity contribution in [1.29, 1.82) is 0 Å². The summed E-state index contributed by atoms with van der Waals surface area (Å²) in [5, 5.41) is 9.46. The van der Waals surface area contributed by atoms with Crippen LogP contribution in [0.5, 0.6) is 5.75 Å². The highest BCUT2D eigenvalue weighted by atomic mass is 32.1. The Bertz CT molecular complexity index is 1300. The van der Waals surface area contributed by atoms with Crippen LogP contribution in [0, 0.1) is 0 Å². The predicted octanol–water partition coefficient (Wildman–Crippen LogP) is 2.61. The largest absolute Gasteiger partial charge is 0.508 e. The molecule has 0 aliphatic carbocycles. The summed E-state index contributed by atoms with van der Waals surface area (Å²) in [6.45, 7) is 3.74. The van der Waals surface area contributed by atoms with Crippen molar-refractivity contribution in [3.63, 3.8) is 0 Å². The lowest BCUT2D eigenvalue weighted by atomic mass is 9.97. The van der Waals surface area contributed by atoms with E-state index in [0.29, 0.717) is 20.6 Å². The van der Waals surface area contributed by atoms with E-state index < -0.39 is 12.0 Å². The van der Waals surface area contributed by atoms with E-state index in [0.717, 1.165) is 11.1 Å². The second-order valence-electron chi connectivity index (χ2n) is 6.79. The average molecular weight is 420 g/mol. The number of hydrogen-bond acceptors (Lipinski definition) is 6. The van der Waals surface area contributed by atoms with Crippen molar-refractivity contribution in [1.82, 2.24) is 4.57 Å². The summed E-state index contributed by atoms with van der Waals surface area (Å²) in [7, 11) is 0. The highest BCUT2D eigenvalue weighted by Gasteiger charge is 2.31. The van der Waals surface area contributed by atoms with Crippen LogP contribution < -0.4 is 14.9 Å². The number of rotatable bonds is 4. The van der Waals surface area contributed by atoms with Crippen molar-refractivity contribution in [3.8, 4) is 5.75 Å². The van der Waals surface area contributed by atoms with E-state index in [2.05, 4.69) is 0 Å². The number of ether oxygens (including phenoxy) is 1. The standard InChI is InChI=1S/C23H20N2O4S/c1-3-29-22(28)19-14(2)25-21(27)18(13-15-9-11-17(26)12-10-15)30-23(25)24-20(19)16-7-5-4-6-8-16/h4-13,20,26H,3H2,1-2H3. The minimum atomic E-state index is -0.537. The maximum absolute atomic E-state index is 13.1. The van der Waals surface area contributed by atoms with Crippen molar-refractivity contribution in [3.05, 3.63) is 91.0 Å². The third-order valence-corrected chi connectivity index (χ3v) is 5.83. The normalized spacial score (nSPS) is 16.2. The van der Waals surface area contributed by atoms with Crippen molar-refractivity contribution in [2.24, 2.45) is 4.99 Å². The SMILES string of the molecule is CCOC(=O)C1=C(C)n2c(sc(=Cc3ccc(O)cc3)c2=O)=NC1c1ccccc1. The Morgan fingerprint density at radius 2 is 1.90 bits per heavy atom. The Labute approximate surface area is 176 Å². The maximum Gasteiger partial charge on any atom is 0.338 e. The van der Waals surface area contributed by atoms with Gasteiger partial charge in [0.05, 0.1) is 16.7 Å². The van der Waals surface area contributed by atoms with Crippen LogP contribution in [-0.4, -0.2) is 22.2 Å². The van der Waals surface area contributed by atoms with Crippen LogP contribution in [0.25, 0.3) is 11.8 Å². The monoisotopic (exact) mass is 420 g/mol. The van der Waals surface area contributed by atoms with Gasteiger partial charge in [0.25, 0.3) is 5.56 Å². The fourth-order valence-corrected chi connectivity index (χ4v) is 4.46. The van der Waals surface area contributed by atoms with Crippen LogP contribution in [0.15, 0.2) is 70.0 Å². The van der Waals surface area contributed by atoms with Gasteiger partial charge < -0.3 is 9.84 Å². The molecule has 0 amide bonds. The van der Waals surface area contributed by atoms with Crippen molar-refractivity contribution in [2.75, 3.05) is 6.61 Å². The molecule has 0 saturated heterocycles. The molecule has 0 spiro atoms. The van der Waals surface area contributed by atoms with Crippen LogP contribution in [-0.2, 0) is 9.53 Å². The van der Waals surface area contributed by atoms with E-state index in [9.17, 15) is 14.7 Å². The molecular formula is C23H20N2O4S. The predicted molar refractivity (Wildman–Crippen MR) is 116 cm³/mol. The molecule has 1 aliphatic rings. The van der Waals surface area contributed by atoms with Gasteiger partial charge in [0, 0.05) is 5.70 Å². The molecule has 1 unspecified atom stereocenters. The van der Waals surface area contributed by atoms with Crippen LogP contribution in [0.3, 0.4) is 0 Å². The van der Waals surface area contributed by atoms with Crippen molar-refractivity contribution in [2.45, 2.75) is 19.9 Å². The van der Waals surface area contributed by atoms with Gasteiger partial charge in [-0.25, -0.2) is 9.79 Å². The fourth-order valence-electron chi connectivity index (χ4n) is 3.42. The van der Waals surface area contributed by atoms with Crippen molar-refractivity contribution < 1.29 is 14.6 Å². The summed E-state index contributed by atoms with van der Waals surface area (Å²) in [6.07, 6.45) is 1.75. The third-order valence-electron chi connectivity index (χ3n) is 4.85. The van der Waals surface area contributed by atoms with Crippen LogP contribution in [0.2, 0.25) is 0 Å². The maximum atomic E-state index is 13.1. The van der Waals surface area contributed by atoms with Gasteiger partial charge >= 0.3 is 5.97 Å². The number of hydrogen-bond donors (Lipinski definition) is 1. The van der Waals surface area contributed by atoms with Crippen LogP contribution in [0.1, 0.15) is 31.0 Å². The molecule has 6 nitrogen and oxygen atoms in total. The second-order valence-corrected chi connectivity index (χ2v) is 7.80. The lowest BCUT2D eigenvalue weighted by Crippen LogP contribution is -2.35. The molecule has 4 rings (SSSR count). The first-order chi connectivity index (χ1) is 14.5. The molecule has 30 heavy (non-hydrogen) atoms. The van der Waals surface area contributed by atoms with Crippen LogP contribution in [0.4, 0.5) is 0 Å². The minimum Gasteiger partial charge on any atom is -0.508 e. The third kappa shape index (κ3) is 3.59. The smallest absolute Gasteiger partial charge is 0.338 e. The number of esters is 1. The lowest BCUT2D eigenvalue weighted by Gasteiger charge is -2.22. The Kier molecular flexibility index (Phi) is 5.37. The Balaban J connectivity index is 1.94. The fraction of sp³-hybridized carbons (Fsp3) is 0.174. The van der Waals surface area contributed by atoms with Gasteiger partial charge in [0.2, 0.25) is 0 Å². The molecule has 7 heteroatoms. The zero-order valence-electron chi connectivity index (χ0n) is 16.5. The van der Waals surface area contributed by atoms with E-state index in [-0.39, 0.29) is 17.9 Å². The molecule has 2 aromatic carbocycles. The summed E-state index contributed by atoms with van der Waals surface area (Å²) >= 11 is 1.27. The molecule has 1 atom stereocenters. The van der Waals surface area contributed by atoms with Crippen molar-refractivity contribution >= 4 is 29.1 Å². The molecule has 0 radical (unpaired) electrons. The Morgan fingerprint density at radius 3 is 2.57 bits per heavy atom. The molecule has 3 aromatic rings. The van der Waals surface area contributed by atoms with E-state index in [1.807, 2.05) is 30.3 Å². The highest BCUT2D eigenvalue weighted by molar-refractivity contribution is 7.07. The zero-order chi connectivity index (χ0) is 21.3. The first-order valence-corrected chi connectivity index (χ1v) is 10.3. The number of phenols is 1. The second kappa shape index (κ2) is 8.12. The molecular weight excluding hydrogens is 400 g/mol. The summed E-state index contributed by atoms with van der Waals surface area (Å²) in [5.41, 5.74) is 2.30. The number of phenolic OH excluding ortho intramolecular Hbond substituents is 1. The van der Waals surface area contributed by atoms with Gasteiger partial charge in [0.1, 0.15) is 11.8 Å². The molecule has 1 aliphatic heterocycles. The molecule has 1 N–H and O–H groups in total. The average Bonchev–Trinajstić information content (AvgIpc) is 3.06. The number of carbonyl (C=O) groups excluding carboxylic acids is 1. The molecule has 2 heterocycles. The van der Waals surface area contributed by atoms with Gasteiger partial charge in [-0.1, -0.05) is 53.8 Å². The summed E-state index contributed by atoms with van der Waals surface area (Å²) in [5.74, 6) is -0.312. The quantitative estimate of drug-likeness (QED) is 0.658. The number of thiazole rings is 1. The van der Waals surface area contributed by atoms with E-state index >= 15 is 0 Å². The van der Waals surface area contributed by atoms with Gasteiger partial charge in [-0.2, -0.15) is 0 Å². The number of allylic oxidation sites excluding steroid dienone is 1. The van der Waals surface area contributed by atoms with E-state index in [4.69, 9.17) is 9.73 Å². The van der Waals surface area contributed by atoms with Gasteiger partial charge in [-0.3, -0.25) is 9.36 Å². The van der Waals surface area contributed by atoms with Gasteiger partial charge in [0.15, 0.2) is 4.80 Å². The van der Waals surface area contributed by atoms with E-state index in [1.54, 1.807) is 44.2 Å². The number of aromatic nitrogens is 1. The topological polar surface area (TPSA) is 80.9 Å². The number of aromatic hydroxyl groups is 1. The molecule has 1 aromatic heterocycles. The molecule has 0 saturated carbocycles. The van der Waals surface area contributed by atoms with Crippen LogP contribution >= 0.6 is 11.3 Å². The number of fused-ring (bicyclic) bond motifs is 1. The first kappa shape index (κ1) is 19.8. The number of benzene rings is 2. The summed E-state index contributed by atoms with van der Waals surface area (Å²) in [4.78, 5) is 31.2. The highest BCUT2D eigenvalue weighted by Crippen LogP contribution is 2.32. The van der Waals surface area contributed by atoms with Gasteiger partial charge in [-0.15, -0.1) is 0 Å². The molecule has 0 bridgehead atoms. The lowest BCUT2D eigenvalue weighted by molar-refractivity contribution is -0.138. The van der Waals surface area contributed by atoms with Gasteiger partial charge in [-0.05, 0) is 43.2 Å². The molecule has 152 valence electrons. The number of nitrogens with zero attached hydrogens (tertiary/aromatic N) is 2. The summed E-state index contributed by atoms with van der Waals surface area (Å²) in [6, 6.07) is 15.6. The summed E-state index contributed by atoms with van der Waals surface area (Å²) < 4.78 is 7.24. The first-order valence-electron chi connectivity index (χ1n) is 9.53. The minimum absolute atomic E-state index is 0.160. The zero-order valence-corrected chi connectivity index (χ0v) is 17.3.